The highest BCUT2D eigenvalue weighted by atomic mass is 35.5. The first-order chi connectivity index (χ1) is 25.2. The number of aromatic carboxylic acids is 1. The number of aromatic nitrogens is 2. The van der Waals surface area contributed by atoms with Gasteiger partial charge in [0.25, 0.3) is 0 Å². The standard InChI is InChI=1S/C39H40Cl2N4O7/c1-50-35-9-7-27(16-36(35)51-23-24-4-5-24)30(17-32-33(40)20-44(49)21-34(32)41)31-15-25(6-8-29(31)38(46)47)19-45(28-3-2-12-42-18-28)39(48)52-37-22-43-13-10-26(37)11-14-43/h2-3,6-9,12,15-16,18,20-21,24,26,30,37H,4-5,10-11,13-14,17,19,22-23H2,1H3,(H,46,47)/t30-,37-/m0/s1. The van der Waals surface area contributed by atoms with Crippen molar-refractivity contribution in [1.29, 1.82) is 0 Å². The lowest BCUT2D eigenvalue weighted by molar-refractivity contribution is -0.605. The lowest BCUT2D eigenvalue weighted by Crippen LogP contribution is -2.53. The molecule has 2 aromatic heterocycles. The second kappa shape index (κ2) is 15.6. The Balaban J connectivity index is 1.28. The molecule has 52 heavy (non-hydrogen) atoms. The number of pyridine rings is 2. The number of ether oxygens (including phenoxy) is 3. The number of carbonyl (C=O) groups excluding carboxylic acids is 1. The molecule has 2 atom stereocenters. The van der Waals surface area contributed by atoms with E-state index in [0.717, 1.165) is 44.3 Å². The molecule has 4 aromatic rings. The fraction of sp³-hybridized carbons (Fsp3) is 0.385. The van der Waals surface area contributed by atoms with Crippen molar-refractivity contribution in [2.24, 2.45) is 11.8 Å². The number of fused-ring (bicyclic) bond motifs is 3. The second-order valence-corrected chi connectivity index (χ2v) is 14.6. The Bertz CT molecular complexity index is 1910. The average Bonchev–Trinajstić information content (AvgIpc) is 3.98. The van der Waals surface area contributed by atoms with Crippen LogP contribution < -0.4 is 19.1 Å². The summed E-state index contributed by atoms with van der Waals surface area (Å²) in [4.78, 5) is 34.9. The molecule has 0 unspecified atom stereocenters. The predicted molar refractivity (Wildman–Crippen MR) is 195 cm³/mol. The fourth-order valence-electron chi connectivity index (χ4n) is 7.24. The number of hydrogen-bond acceptors (Lipinski definition) is 8. The highest BCUT2D eigenvalue weighted by Gasteiger charge is 2.38. The number of carbonyl (C=O) groups is 2. The number of methoxy groups -OCH3 is 1. The quantitative estimate of drug-likeness (QED) is 0.112. The maximum atomic E-state index is 13.9. The van der Waals surface area contributed by atoms with Crippen LogP contribution in [0, 0.1) is 17.0 Å². The molecule has 0 spiro atoms. The molecule has 5 heterocycles. The van der Waals surface area contributed by atoms with Gasteiger partial charge < -0.3 is 24.5 Å². The predicted octanol–water partition coefficient (Wildman–Crippen LogP) is 7.13. The molecule has 272 valence electrons. The van der Waals surface area contributed by atoms with E-state index in [1.54, 1.807) is 55.9 Å². The summed E-state index contributed by atoms with van der Waals surface area (Å²) in [7, 11) is 1.57. The van der Waals surface area contributed by atoms with Crippen molar-refractivity contribution in [2.45, 2.75) is 50.7 Å². The third-order valence-electron chi connectivity index (χ3n) is 10.3. The molecule has 3 aliphatic heterocycles. The van der Waals surface area contributed by atoms with Crippen LogP contribution in [0.15, 0.2) is 73.3 Å². The van der Waals surface area contributed by atoms with Gasteiger partial charge in [0.1, 0.15) is 16.1 Å². The van der Waals surface area contributed by atoms with Gasteiger partial charge in [-0.25, -0.2) is 9.59 Å². The molecule has 1 aliphatic carbocycles. The van der Waals surface area contributed by atoms with Gasteiger partial charge in [0.15, 0.2) is 23.9 Å². The molecule has 3 saturated heterocycles. The van der Waals surface area contributed by atoms with Gasteiger partial charge in [-0.2, -0.15) is 4.73 Å². The number of nitrogens with zero attached hydrogens (tertiary/aromatic N) is 4. The Hall–Kier alpha value is -4.58. The zero-order valence-corrected chi connectivity index (χ0v) is 30.3. The molecule has 1 saturated carbocycles. The molecule has 11 nitrogen and oxygen atoms in total. The molecule has 1 N–H and O–H groups in total. The van der Waals surface area contributed by atoms with Crippen molar-refractivity contribution >= 4 is 41.0 Å². The Morgan fingerprint density at radius 3 is 2.46 bits per heavy atom. The number of piperidine rings is 3. The van der Waals surface area contributed by atoms with Crippen LogP contribution in [0.3, 0.4) is 0 Å². The summed E-state index contributed by atoms with van der Waals surface area (Å²) in [5, 5.41) is 23.0. The first kappa shape index (κ1) is 35.8. The SMILES string of the molecule is COc1ccc([C@H](Cc2c(Cl)c[n+]([O-])cc2Cl)c2cc(CN(C(=O)O[C@H]3CN4CCC3CC4)c3cccnc3)ccc2C(=O)O)cc1OCC1CC1. The largest absolute Gasteiger partial charge is 0.619 e. The minimum Gasteiger partial charge on any atom is -0.619 e. The number of rotatable bonds is 13. The van der Waals surface area contributed by atoms with Crippen LogP contribution in [0.2, 0.25) is 10.0 Å². The van der Waals surface area contributed by atoms with Crippen LogP contribution in [-0.4, -0.2) is 66.5 Å². The van der Waals surface area contributed by atoms with E-state index in [4.69, 9.17) is 37.4 Å². The molecule has 2 bridgehead atoms. The molecule has 0 radical (unpaired) electrons. The van der Waals surface area contributed by atoms with E-state index in [2.05, 4.69) is 9.88 Å². The number of halogens is 2. The van der Waals surface area contributed by atoms with Crippen LogP contribution in [0.1, 0.15) is 64.2 Å². The Morgan fingerprint density at radius 1 is 1.06 bits per heavy atom. The van der Waals surface area contributed by atoms with Gasteiger partial charge in [0.2, 0.25) is 0 Å². The number of carboxylic acid groups (broad SMARTS) is 1. The summed E-state index contributed by atoms with van der Waals surface area (Å²) < 4.78 is 18.5. The zero-order valence-electron chi connectivity index (χ0n) is 28.8. The van der Waals surface area contributed by atoms with E-state index in [1.165, 1.54) is 17.3 Å². The number of carboxylic acids is 1. The van der Waals surface area contributed by atoms with Gasteiger partial charge in [-0.15, -0.1) is 0 Å². The Labute approximate surface area is 312 Å². The highest BCUT2D eigenvalue weighted by molar-refractivity contribution is 6.35. The third kappa shape index (κ3) is 8.06. The van der Waals surface area contributed by atoms with Crippen LogP contribution in [0.5, 0.6) is 11.5 Å². The van der Waals surface area contributed by atoms with Crippen molar-refractivity contribution in [1.82, 2.24) is 9.88 Å². The first-order valence-corrected chi connectivity index (χ1v) is 18.3. The average molecular weight is 748 g/mol. The number of benzene rings is 2. The zero-order chi connectivity index (χ0) is 36.4. The lowest BCUT2D eigenvalue weighted by atomic mass is 9.82. The summed E-state index contributed by atoms with van der Waals surface area (Å²) in [6, 6.07) is 14.1. The number of hydrogen-bond donors (Lipinski definition) is 1. The fourth-order valence-corrected chi connectivity index (χ4v) is 7.84. The van der Waals surface area contributed by atoms with E-state index < -0.39 is 18.0 Å². The van der Waals surface area contributed by atoms with Crippen molar-refractivity contribution in [3.8, 4) is 11.5 Å². The minimum absolute atomic E-state index is 0.0647. The smallest absolute Gasteiger partial charge is 0.414 e. The summed E-state index contributed by atoms with van der Waals surface area (Å²) in [6.07, 6.45) is 9.34. The Morgan fingerprint density at radius 2 is 1.83 bits per heavy atom. The summed E-state index contributed by atoms with van der Waals surface area (Å²) >= 11 is 13.2. The molecule has 4 fully saturated rings. The summed E-state index contributed by atoms with van der Waals surface area (Å²) in [5.41, 5.74) is 2.96. The Kier molecular flexibility index (Phi) is 10.7. The first-order valence-electron chi connectivity index (χ1n) is 17.5. The minimum atomic E-state index is -1.13. The summed E-state index contributed by atoms with van der Waals surface area (Å²) in [6.45, 7) is 3.38. The van der Waals surface area contributed by atoms with Gasteiger partial charge >= 0.3 is 12.1 Å². The second-order valence-electron chi connectivity index (χ2n) is 13.8. The van der Waals surface area contributed by atoms with Crippen LogP contribution in [0.25, 0.3) is 0 Å². The van der Waals surface area contributed by atoms with Crippen molar-refractivity contribution < 1.29 is 33.6 Å². The van der Waals surface area contributed by atoms with E-state index in [-0.39, 0.29) is 34.7 Å². The van der Waals surface area contributed by atoms with E-state index >= 15 is 0 Å². The maximum Gasteiger partial charge on any atom is 0.414 e. The molecular formula is C39H40Cl2N4O7. The maximum absolute atomic E-state index is 13.9. The molecule has 13 heteroatoms. The van der Waals surface area contributed by atoms with E-state index in [9.17, 15) is 19.9 Å². The monoisotopic (exact) mass is 746 g/mol. The molecule has 4 aliphatic rings. The van der Waals surface area contributed by atoms with Crippen LogP contribution >= 0.6 is 23.2 Å². The molecule has 2 aromatic carbocycles. The molecular weight excluding hydrogens is 707 g/mol. The number of anilines is 1. The normalized spacial score (nSPS) is 19.9. The van der Waals surface area contributed by atoms with Crippen molar-refractivity contribution in [3.63, 3.8) is 0 Å². The van der Waals surface area contributed by atoms with Crippen LogP contribution in [-0.2, 0) is 17.7 Å². The van der Waals surface area contributed by atoms with Crippen molar-refractivity contribution in [2.75, 3.05) is 38.3 Å². The van der Waals surface area contributed by atoms with Gasteiger partial charge in [0, 0.05) is 24.2 Å². The third-order valence-corrected chi connectivity index (χ3v) is 11.0. The molecule has 8 rings (SSSR count). The van der Waals surface area contributed by atoms with Crippen molar-refractivity contribution in [3.05, 3.63) is 116 Å². The number of amides is 1. The van der Waals surface area contributed by atoms with E-state index in [1.807, 2.05) is 12.1 Å². The van der Waals surface area contributed by atoms with Gasteiger partial charge in [-0.3, -0.25) is 14.8 Å². The van der Waals surface area contributed by atoms with E-state index in [0.29, 0.717) is 63.6 Å². The highest BCUT2D eigenvalue weighted by Crippen LogP contribution is 2.40. The summed E-state index contributed by atoms with van der Waals surface area (Å²) in [5.74, 6) is 0.141. The lowest BCUT2D eigenvalue weighted by Gasteiger charge is -2.44. The van der Waals surface area contributed by atoms with Crippen LogP contribution in [0.4, 0.5) is 10.5 Å². The van der Waals surface area contributed by atoms with Gasteiger partial charge in [0.05, 0.1) is 37.7 Å². The van der Waals surface area contributed by atoms with Gasteiger partial charge in [-0.05, 0) is 104 Å². The molecule has 1 amide bonds. The van der Waals surface area contributed by atoms with Gasteiger partial charge in [-0.1, -0.05) is 41.4 Å². The topological polar surface area (TPSA) is 128 Å².